The Morgan fingerprint density at radius 1 is 1.18 bits per heavy atom. The highest BCUT2D eigenvalue weighted by atomic mass is 35.5. The Kier molecular flexibility index (Phi) is 6.72. The molecular weight excluding hydrogens is 400 g/mol. The first-order chi connectivity index (χ1) is 13.4. The summed E-state index contributed by atoms with van der Waals surface area (Å²) in [6.07, 6.45) is 0. The number of ether oxygens (including phenoxy) is 1. The van der Waals surface area contributed by atoms with Crippen molar-refractivity contribution in [1.29, 1.82) is 0 Å². The van der Waals surface area contributed by atoms with Crippen molar-refractivity contribution in [3.63, 3.8) is 0 Å². The molecule has 3 rings (SSSR count). The maximum atomic E-state index is 12.9. The first-order valence-electron chi connectivity index (χ1n) is 9.10. The van der Waals surface area contributed by atoms with Crippen molar-refractivity contribution in [1.82, 2.24) is 9.62 Å². The highest BCUT2D eigenvalue weighted by Gasteiger charge is 2.29. The molecule has 8 heteroatoms. The van der Waals surface area contributed by atoms with Gasteiger partial charge in [0.1, 0.15) is 4.90 Å². The number of carbonyl (C=O) groups excluding carboxylic acids is 1. The van der Waals surface area contributed by atoms with Crippen molar-refractivity contribution in [2.24, 2.45) is 0 Å². The molecule has 6 nitrogen and oxygen atoms in total. The Morgan fingerprint density at radius 2 is 1.86 bits per heavy atom. The van der Waals surface area contributed by atoms with E-state index < -0.39 is 10.0 Å². The number of sulfonamides is 1. The maximum Gasteiger partial charge on any atom is 0.251 e. The largest absolute Gasteiger partial charge is 0.379 e. The average Bonchev–Trinajstić information content (AvgIpc) is 2.73. The number of benzene rings is 2. The van der Waals surface area contributed by atoms with Gasteiger partial charge in [-0.2, -0.15) is 4.31 Å². The van der Waals surface area contributed by atoms with Crippen LogP contribution in [0.5, 0.6) is 0 Å². The number of nitrogens with zero attached hydrogens (tertiary/aromatic N) is 1. The zero-order valence-electron chi connectivity index (χ0n) is 15.6. The Hall–Kier alpha value is -1.93. The van der Waals surface area contributed by atoms with Crippen LogP contribution in [0.15, 0.2) is 53.4 Å². The second-order valence-electron chi connectivity index (χ2n) is 6.68. The molecule has 2 aromatic rings. The molecule has 0 aromatic heterocycles. The van der Waals surface area contributed by atoms with Crippen LogP contribution in [0.1, 0.15) is 28.8 Å². The maximum absolute atomic E-state index is 12.9. The number of carbonyl (C=O) groups is 1. The van der Waals surface area contributed by atoms with Crippen molar-refractivity contribution in [3.8, 4) is 0 Å². The lowest BCUT2D eigenvalue weighted by Crippen LogP contribution is -2.40. The van der Waals surface area contributed by atoms with E-state index in [0.29, 0.717) is 19.8 Å². The SMILES string of the molecule is CC(CNC(=O)c1ccc(Cl)c(S(=O)(=O)N2CCOCC2)c1)c1ccccc1. The van der Waals surface area contributed by atoms with E-state index >= 15 is 0 Å². The fourth-order valence-corrected chi connectivity index (χ4v) is 4.92. The summed E-state index contributed by atoms with van der Waals surface area (Å²) in [5.41, 5.74) is 1.38. The van der Waals surface area contributed by atoms with Gasteiger partial charge in [0.15, 0.2) is 0 Å². The summed E-state index contributed by atoms with van der Waals surface area (Å²) < 4.78 is 32.3. The van der Waals surface area contributed by atoms with Crippen LogP contribution in [-0.4, -0.2) is 51.5 Å². The van der Waals surface area contributed by atoms with Gasteiger partial charge in [0, 0.05) is 25.2 Å². The molecule has 0 aliphatic carbocycles. The smallest absolute Gasteiger partial charge is 0.251 e. The van der Waals surface area contributed by atoms with Crippen LogP contribution < -0.4 is 5.32 Å². The summed E-state index contributed by atoms with van der Waals surface area (Å²) in [4.78, 5) is 12.5. The molecule has 28 heavy (non-hydrogen) atoms. The van der Waals surface area contributed by atoms with E-state index in [1.165, 1.54) is 22.5 Å². The number of morpholine rings is 1. The number of rotatable bonds is 6. The highest BCUT2D eigenvalue weighted by molar-refractivity contribution is 7.89. The molecule has 0 bridgehead atoms. The van der Waals surface area contributed by atoms with Crippen LogP contribution >= 0.6 is 11.6 Å². The van der Waals surface area contributed by atoms with Crippen LogP contribution in [0.25, 0.3) is 0 Å². The molecule has 1 aliphatic rings. The normalized spacial score (nSPS) is 16.5. The highest BCUT2D eigenvalue weighted by Crippen LogP contribution is 2.26. The summed E-state index contributed by atoms with van der Waals surface area (Å²) in [5, 5.41) is 2.96. The molecule has 1 atom stereocenters. The third-order valence-electron chi connectivity index (χ3n) is 4.72. The number of amides is 1. The van der Waals surface area contributed by atoms with E-state index in [1.54, 1.807) is 0 Å². The second kappa shape index (κ2) is 9.05. The number of halogens is 1. The molecule has 150 valence electrons. The molecule has 1 N–H and O–H groups in total. The van der Waals surface area contributed by atoms with Crippen LogP contribution in [0.2, 0.25) is 5.02 Å². The van der Waals surface area contributed by atoms with Gasteiger partial charge in [-0.15, -0.1) is 0 Å². The molecule has 1 aliphatic heterocycles. The monoisotopic (exact) mass is 422 g/mol. The van der Waals surface area contributed by atoms with E-state index in [1.807, 2.05) is 37.3 Å². The minimum atomic E-state index is -3.78. The Labute approximate surface area is 170 Å². The predicted molar refractivity (Wildman–Crippen MR) is 108 cm³/mol. The molecule has 1 saturated heterocycles. The van der Waals surface area contributed by atoms with E-state index in [9.17, 15) is 13.2 Å². The van der Waals surface area contributed by atoms with Gasteiger partial charge in [0.25, 0.3) is 5.91 Å². The third kappa shape index (κ3) is 4.72. The Bertz CT molecular complexity index is 928. The summed E-state index contributed by atoms with van der Waals surface area (Å²) in [6, 6.07) is 14.2. The van der Waals surface area contributed by atoms with Gasteiger partial charge in [-0.3, -0.25) is 4.79 Å². The summed E-state index contributed by atoms with van der Waals surface area (Å²) in [7, 11) is -3.78. The standard InChI is InChI=1S/C20H23ClN2O4S/c1-15(16-5-3-2-4-6-16)14-22-20(24)17-7-8-18(21)19(13-17)28(25,26)23-9-11-27-12-10-23/h2-8,13,15H,9-12,14H2,1H3,(H,22,24). The number of hydrogen-bond acceptors (Lipinski definition) is 4. The molecule has 1 heterocycles. The van der Waals surface area contributed by atoms with Crippen molar-refractivity contribution in [2.75, 3.05) is 32.8 Å². The predicted octanol–water partition coefficient (Wildman–Crippen LogP) is 2.89. The van der Waals surface area contributed by atoms with E-state index in [4.69, 9.17) is 16.3 Å². The fraction of sp³-hybridized carbons (Fsp3) is 0.350. The number of hydrogen-bond donors (Lipinski definition) is 1. The average molecular weight is 423 g/mol. The van der Waals surface area contributed by atoms with Crippen LogP contribution in [0.3, 0.4) is 0 Å². The first-order valence-corrected chi connectivity index (χ1v) is 10.9. The zero-order chi connectivity index (χ0) is 20.1. The van der Waals surface area contributed by atoms with Gasteiger partial charge in [0.2, 0.25) is 10.0 Å². The third-order valence-corrected chi connectivity index (χ3v) is 7.10. The van der Waals surface area contributed by atoms with Gasteiger partial charge in [-0.1, -0.05) is 48.9 Å². The van der Waals surface area contributed by atoms with Gasteiger partial charge in [-0.05, 0) is 29.7 Å². The van der Waals surface area contributed by atoms with Crippen molar-refractivity contribution in [3.05, 3.63) is 64.7 Å². The fourth-order valence-electron chi connectivity index (χ4n) is 3.02. The Balaban J connectivity index is 1.74. The topological polar surface area (TPSA) is 75.7 Å². The van der Waals surface area contributed by atoms with Crippen molar-refractivity contribution >= 4 is 27.5 Å². The van der Waals surface area contributed by atoms with Gasteiger partial charge < -0.3 is 10.1 Å². The Morgan fingerprint density at radius 3 is 2.54 bits per heavy atom. The van der Waals surface area contributed by atoms with Crippen LogP contribution in [0.4, 0.5) is 0 Å². The second-order valence-corrected chi connectivity index (χ2v) is 9.00. The molecule has 1 fully saturated rings. The summed E-state index contributed by atoms with van der Waals surface area (Å²) >= 11 is 6.14. The molecule has 2 aromatic carbocycles. The number of nitrogens with one attached hydrogen (secondary N) is 1. The lowest BCUT2D eigenvalue weighted by atomic mass is 10.0. The minimum Gasteiger partial charge on any atom is -0.379 e. The molecule has 1 unspecified atom stereocenters. The summed E-state index contributed by atoms with van der Waals surface area (Å²) in [5.74, 6) is -0.202. The van der Waals surface area contributed by atoms with E-state index in [2.05, 4.69) is 5.32 Å². The lowest BCUT2D eigenvalue weighted by Gasteiger charge is -2.26. The van der Waals surface area contributed by atoms with Crippen LogP contribution in [0, 0.1) is 0 Å². The van der Waals surface area contributed by atoms with Crippen molar-refractivity contribution in [2.45, 2.75) is 17.7 Å². The molecule has 0 saturated carbocycles. The van der Waals surface area contributed by atoms with E-state index in [0.717, 1.165) is 5.56 Å². The van der Waals surface area contributed by atoms with Gasteiger partial charge >= 0.3 is 0 Å². The lowest BCUT2D eigenvalue weighted by molar-refractivity contribution is 0.0730. The molecule has 0 radical (unpaired) electrons. The van der Waals surface area contributed by atoms with Crippen molar-refractivity contribution < 1.29 is 17.9 Å². The quantitative estimate of drug-likeness (QED) is 0.776. The van der Waals surface area contributed by atoms with E-state index in [-0.39, 0.29) is 40.4 Å². The van der Waals surface area contributed by atoms with Gasteiger partial charge in [-0.25, -0.2) is 8.42 Å². The zero-order valence-corrected chi connectivity index (χ0v) is 17.2. The van der Waals surface area contributed by atoms with Crippen LogP contribution in [-0.2, 0) is 14.8 Å². The molecule has 0 spiro atoms. The minimum absolute atomic E-state index is 0.0557. The first kappa shape index (κ1) is 20.8. The summed E-state index contributed by atoms with van der Waals surface area (Å²) in [6.45, 7) is 3.68. The molecular formula is C20H23ClN2O4S. The van der Waals surface area contributed by atoms with Gasteiger partial charge in [0.05, 0.1) is 18.2 Å². The molecule has 1 amide bonds.